The third-order valence-corrected chi connectivity index (χ3v) is 5.14. The molecule has 2 amide bonds. The van der Waals surface area contributed by atoms with E-state index in [0.29, 0.717) is 25.0 Å². The fourth-order valence-corrected chi connectivity index (χ4v) is 3.48. The largest absolute Gasteiger partial charge is 0.336 e. The van der Waals surface area contributed by atoms with E-state index in [9.17, 15) is 4.79 Å². The van der Waals surface area contributed by atoms with Crippen LogP contribution in [0.5, 0.6) is 0 Å². The molecule has 2 aliphatic heterocycles. The number of anilines is 1. The Kier molecular flexibility index (Phi) is 3.44. The van der Waals surface area contributed by atoms with Crippen LogP contribution in [0.2, 0.25) is 0 Å². The van der Waals surface area contributed by atoms with Crippen molar-refractivity contribution >= 4 is 11.7 Å². The summed E-state index contributed by atoms with van der Waals surface area (Å²) in [7, 11) is 0. The lowest BCUT2D eigenvalue weighted by Gasteiger charge is -2.39. The van der Waals surface area contributed by atoms with Gasteiger partial charge in [0.15, 0.2) is 0 Å². The molecule has 130 valence electrons. The van der Waals surface area contributed by atoms with Crippen molar-refractivity contribution in [1.82, 2.24) is 30.0 Å². The molecule has 0 bridgehead atoms. The summed E-state index contributed by atoms with van der Waals surface area (Å²) in [5, 5.41) is 7.25. The van der Waals surface area contributed by atoms with Crippen molar-refractivity contribution in [3.8, 4) is 0 Å². The SMILES string of the molecule is O=C1NCCN1c1cnn(C2CN(Cc3cnc(C4CC4)nc3)C2)c1. The first-order chi connectivity index (χ1) is 12.3. The van der Waals surface area contributed by atoms with Crippen molar-refractivity contribution in [2.24, 2.45) is 0 Å². The summed E-state index contributed by atoms with van der Waals surface area (Å²) in [5.74, 6) is 1.61. The summed E-state index contributed by atoms with van der Waals surface area (Å²) in [6.07, 6.45) is 10.1. The number of nitrogens with one attached hydrogen (secondary N) is 1. The molecule has 2 aromatic rings. The first-order valence-corrected chi connectivity index (χ1v) is 8.89. The Bertz CT molecular complexity index is 777. The van der Waals surface area contributed by atoms with Crippen molar-refractivity contribution in [1.29, 1.82) is 0 Å². The molecular formula is C17H21N7O. The second-order valence-corrected chi connectivity index (χ2v) is 7.13. The molecule has 25 heavy (non-hydrogen) atoms. The standard InChI is InChI=1S/C17H21N7O/c25-17-18-3-4-23(17)14-7-21-24(11-14)15-9-22(10-15)8-12-5-19-16(20-6-12)13-1-2-13/h5-7,11,13,15H,1-4,8-10H2,(H,18,25). The number of urea groups is 1. The average Bonchev–Trinajstić information content (AvgIpc) is 3.18. The lowest BCUT2D eigenvalue weighted by Crippen LogP contribution is -2.47. The van der Waals surface area contributed by atoms with Gasteiger partial charge in [0.2, 0.25) is 0 Å². The van der Waals surface area contributed by atoms with E-state index in [0.717, 1.165) is 36.7 Å². The van der Waals surface area contributed by atoms with Crippen molar-refractivity contribution in [3.05, 3.63) is 36.2 Å². The van der Waals surface area contributed by atoms with Gasteiger partial charge in [0, 0.05) is 62.8 Å². The van der Waals surface area contributed by atoms with E-state index in [2.05, 4.69) is 25.3 Å². The van der Waals surface area contributed by atoms with E-state index in [-0.39, 0.29) is 6.03 Å². The van der Waals surface area contributed by atoms with E-state index < -0.39 is 0 Å². The van der Waals surface area contributed by atoms with E-state index >= 15 is 0 Å². The second-order valence-electron chi connectivity index (χ2n) is 7.13. The molecule has 3 fully saturated rings. The molecule has 4 heterocycles. The van der Waals surface area contributed by atoms with Crippen LogP contribution in [0, 0.1) is 0 Å². The smallest absolute Gasteiger partial charge is 0.322 e. The summed E-state index contributed by atoms with van der Waals surface area (Å²) >= 11 is 0. The lowest BCUT2D eigenvalue weighted by molar-refractivity contribution is 0.0907. The van der Waals surface area contributed by atoms with Gasteiger partial charge in [0.25, 0.3) is 0 Å². The highest BCUT2D eigenvalue weighted by molar-refractivity contribution is 5.93. The third kappa shape index (κ3) is 2.86. The molecule has 2 saturated heterocycles. The maximum atomic E-state index is 11.7. The van der Waals surface area contributed by atoms with Crippen LogP contribution in [0.4, 0.5) is 10.5 Å². The maximum absolute atomic E-state index is 11.7. The summed E-state index contributed by atoms with van der Waals surface area (Å²) in [6.45, 7) is 4.19. The number of aromatic nitrogens is 4. The quantitative estimate of drug-likeness (QED) is 0.884. The molecule has 0 spiro atoms. The van der Waals surface area contributed by atoms with Crippen molar-refractivity contribution in [2.45, 2.75) is 31.3 Å². The molecule has 1 saturated carbocycles. The minimum atomic E-state index is -0.0376. The average molecular weight is 339 g/mol. The lowest BCUT2D eigenvalue weighted by atomic mass is 10.1. The van der Waals surface area contributed by atoms with E-state index in [4.69, 9.17) is 0 Å². The topological polar surface area (TPSA) is 79.2 Å². The number of amides is 2. The highest BCUT2D eigenvalue weighted by Gasteiger charge is 2.31. The van der Waals surface area contributed by atoms with Crippen molar-refractivity contribution < 1.29 is 4.79 Å². The Hall–Kier alpha value is -2.48. The number of carbonyl (C=O) groups excluding carboxylic acids is 1. The minimum absolute atomic E-state index is 0.0376. The van der Waals surface area contributed by atoms with E-state index in [1.807, 2.05) is 23.3 Å². The first-order valence-electron chi connectivity index (χ1n) is 8.89. The van der Waals surface area contributed by atoms with Gasteiger partial charge in [-0.05, 0) is 12.8 Å². The third-order valence-electron chi connectivity index (χ3n) is 5.14. The fourth-order valence-electron chi connectivity index (χ4n) is 3.48. The van der Waals surface area contributed by atoms with Crippen LogP contribution in [-0.2, 0) is 6.54 Å². The van der Waals surface area contributed by atoms with Crippen LogP contribution in [0.25, 0.3) is 0 Å². The summed E-state index contributed by atoms with van der Waals surface area (Å²) < 4.78 is 1.98. The zero-order valence-corrected chi connectivity index (χ0v) is 14.0. The van der Waals surface area contributed by atoms with E-state index in [1.54, 1.807) is 11.1 Å². The molecule has 2 aromatic heterocycles. The molecule has 3 aliphatic rings. The van der Waals surface area contributed by atoms with Gasteiger partial charge in [-0.1, -0.05) is 0 Å². The summed E-state index contributed by atoms with van der Waals surface area (Å²) in [5.41, 5.74) is 2.04. The van der Waals surface area contributed by atoms with Gasteiger partial charge in [-0.25, -0.2) is 14.8 Å². The zero-order valence-electron chi connectivity index (χ0n) is 14.0. The molecule has 0 radical (unpaired) electrons. The number of likely N-dealkylation sites (tertiary alicyclic amines) is 1. The zero-order chi connectivity index (χ0) is 16.8. The molecular weight excluding hydrogens is 318 g/mol. The number of rotatable bonds is 5. The van der Waals surface area contributed by atoms with Crippen LogP contribution >= 0.6 is 0 Å². The highest BCUT2D eigenvalue weighted by Crippen LogP contribution is 2.37. The van der Waals surface area contributed by atoms with Crippen LogP contribution < -0.4 is 10.2 Å². The van der Waals surface area contributed by atoms with Crippen LogP contribution in [0.1, 0.15) is 36.2 Å². The van der Waals surface area contributed by atoms with Crippen molar-refractivity contribution in [2.75, 3.05) is 31.1 Å². The molecule has 8 heteroatoms. The van der Waals surface area contributed by atoms with Crippen LogP contribution in [-0.4, -0.2) is 56.9 Å². The van der Waals surface area contributed by atoms with Crippen LogP contribution in [0.3, 0.4) is 0 Å². The second kappa shape index (κ2) is 5.80. The predicted octanol–water partition coefficient (Wildman–Crippen LogP) is 1.14. The Labute approximate surface area is 145 Å². The highest BCUT2D eigenvalue weighted by atomic mass is 16.2. The molecule has 8 nitrogen and oxygen atoms in total. The van der Waals surface area contributed by atoms with Gasteiger partial charge >= 0.3 is 6.03 Å². The molecule has 0 unspecified atom stereocenters. The first kappa shape index (κ1) is 14.8. The molecule has 0 atom stereocenters. The monoisotopic (exact) mass is 339 g/mol. The van der Waals surface area contributed by atoms with Crippen LogP contribution in [0.15, 0.2) is 24.8 Å². The van der Waals surface area contributed by atoms with Crippen molar-refractivity contribution in [3.63, 3.8) is 0 Å². The Morgan fingerprint density at radius 3 is 2.64 bits per heavy atom. The maximum Gasteiger partial charge on any atom is 0.322 e. The molecule has 5 rings (SSSR count). The molecule has 0 aromatic carbocycles. The van der Waals surface area contributed by atoms with Gasteiger partial charge in [-0.15, -0.1) is 0 Å². The van der Waals surface area contributed by atoms with E-state index in [1.165, 1.54) is 12.8 Å². The molecule has 1 aliphatic carbocycles. The van der Waals surface area contributed by atoms with Gasteiger partial charge < -0.3 is 5.32 Å². The number of nitrogens with zero attached hydrogens (tertiary/aromatic N) is 6. The fraction of sp³-hybridized carbons (Fsp3) is 0.529. The summed E-state index contributed by atoms with van der Waals surface area (Å²) in [4.78, 5) is 24.8. The Morgan fingerprint density at radius 1 is 1.16 bits per heavy atom. The number of carbonyl (C=O) groups is 1. The normalized spacial score (nSPS) is 21.4. The summed E-state index contributed by atoms with van der Waals surface area (Å²) in [6, 6.07) is 0.329. The minimum Gasteiger partial charge on any atom is -0.336 e. The number of hydrogen-bond acceptors (Lipinski definition) is 5. The molecule has 1 N–H and O–H groups in total. The van der Waals surface area contributed by atoms with Gasteiger partial charge in [-0.3, -0.25) is 14.5 Å². The Morgan fingerprint density at radius 2 is 1.96 bits per heavy atom. The Balaban J connectivity index is 1.16. The van der Waals surface area contributed by atoms with Gasteiger partial charge in [-0.2, -0.15) is 5.10 Å². The van der Waals surface area contributed by atoms with Gasteiger partial charge in [0.1, 0.15) is 5.82 Å². The number of hydrogen-bond donors (Lipinski definition) is 1. The predicted molar refractivity (Wildman–Crippen MR) is 91.3 cm³/mol. The van der Waals surface area contributed by atoms with Gasteiger partial charge in [0.05, 0.1) is 17.9 Å².